The molecule has 2 N–H and O–H groups in total. The van der Waals surface area contributed by atoms with Gasteiger partial charge in [-0.15, -0.1) is 0 Å². The Kier molecular flexibility index (Phi) is 7.06. The van der Waals surface area contributed by atoms with Crippen LogP contribution in [0.15, 0.2) is 40.9 Å². The number of hydrogen-bond donors (Lipinski definition) is 2. The zero-order valence-corrected chi connectivity index (χ0v) is 15.7. The topological polar surface area (TPSA) is 59.6 Å². The molecule has 0 radical (unpaired) electrons. The molecule has 0 atom stereocenters. The Morgan fingerprint density at radius 2 is 1.84 bits per heavy atom. The number of rotatable bonds is 8. The SMILES string of the molecule is CCOc1ccc(OCC)c(NC(=O)CNc2ccc(Br)cc2F)c1. The zero-order chi connectivity index (χ0) is 18.2. The lowest BCUT2D eigenvalue weighted by atomic mass is 10.2. The van der Waals surface area contributed by atoms with Crippen molar-refractivity contribution in [2.24, 2.45) is 0 Å². The third-order valence-corrected chi connectivity index (χ3v) is 3.70. The summed E-state index contributed by atoms with van der Waals surface area (Å²) in [5, 5.41) is 5.53. The molecule has 0 heterocycles. The summed E-state index contributed by atoms with van der Waals surface area (Å²) < 4.78 is 25.4. The van der Waals surface area contributed by atoms with Crippen LogP contribution in [0.5, 0.6) is 11.5 Å². The normalized spacial score (nSPS) is 10.2. The van der Waals surface area contributed by atoms with Gasteiger partial charge in [0.05, 0.1) is 31.1 Å². The van der Waals surface area contributed by atoms with Gasteiger partial charge in [0.2, 0.25) is 5.91 Å². The van der Waals surface area contributed by atoms with E-state index in [2.05, 4.69) is 26.6 Å². The minimum absolute atomic E-state index is 0.0804. The Hall–Kier alpha value is -2.28. The summed E-state index contributed by atoms with van der Waals surface area (Å²) in [6.45, 7) is 4.65. The van der Waals surface area contributed by atoms with Crippen LogP contribution in [-0.2, 0) is 4.79 Å². The van der Waals surface area contributed by atoms with Gasteiger partial charge in [-0.05, 0) is 44.2 Å². The van der Waals surface area contributed by atoms with Crippen LogP contribution in [0.25, 0.3) is 0 Å². The van der Waals surface area contributed by atoms with Gasteiger partial charge in [-0.1, -0.05) is 15.9 Å². The molecule has 2 aromatic carbocycles. The fourth-order valence-corrected chi connectivity index (χ4v) is 2.48. The Labute approximate surface area is 154 Å². The molecule has 0 aliphatic carbocycles. The highest BCUT2D eigenvalue weighted by molar-refractivity contribution is 9.10. The molecular weight excluding hydrogens is 391 g/mol. The maximum Gasteiger partial charge on any atom is 0.243 e. The van der Waals surface area contributed by atoms with E-state index in [1.54, 1.807) is 30.3 Å². The van der Waals surface area contributed by atoms with Crippen molar-refractivity contribution < 1.29 is 18.7 Å². The Morgan fingerprint density at radius 3 is 2.52 bits per heavy atom. The number of nitrogens with one attached hydrogen (secondary N) is 2. The van der Waals surface area contributed by atoms with E-state index in [-0.39, 0.29) is 18.1 Å². The van der Waals surface area contributed by atoms with Gasteiger partial charge in [-0.3, -0.25) is 4.79 Å². The summed E-state index contributed by atoms with van der Waals surface area (Å²) >= 11 is 3.19. The summed E-state index contributed by atoms with van der Waals surface area (Å²) in [6, 6.07) is 9.81. The molecule has 2 aromatic rings. The van der Waals surface area contributed by atoms with E-state index in [1.165, 1.54) is 6.07 Å². The van der Waals surface area contributed by atoms with Crippen LogP contribution >= 0.6 is 15.9 Å². The van der Waals surface area contributed by atoms with Crippen LogP contribution in [0.2, 0.25) is 0 Å². The van der Waals surface area contributed by atoms with Gasteiger partial charge in [0.1, 0.15) is 17.3 Å². The lowest BCUT2D eigenvalue weighted by Gasteiger charge is -2.14. The monoisotopic (exact) mass is 410 g/mol. The number of amides is 1. The second-order valence-corrected chi connectivity index (χ2v) is 5.97. The third kappa shape index (κ3) is 5.63. The fourth-order valence-electron chi connectivity index (χ4n) is 2.15. The summed E-state index contributed by atoms with van der Waals surface area (Å²) in [4.78, 5) is 12.2. The van der Waals surface area contributed by atoms with Crippen molar-refractivity contribution >= 4 is 33.2 Å². The van der Waals surface area contributed by atoms with E-state index in [4.69, 9.17) is 9.47 Å². The number of ether oxygens (including phenoxy) is 2. The molecule has 0 bridgehead atoms. The molecule has 0 fully saturated rings. The maximum atomic E-state index is 13.8. The van der Waals surface area contributed by atoms with Gasteiger partial charge in [0.15, 0.2) is 0 Å². The molecule has 25 heavy (non-hydrogen) atoms. The van der Waals surface area contributed by atoms with E-state index in [0.717, 1.165) is 0 Å². The number of hydrogen-bond acceptors (Lipinski definition) is 4. The first-order valence-electron chi connectivity index (χ1n) is 7.92. The molecule has 0 aliphatic heterocycles. The minimum atomic E-state index is -0.435. The standard InChI is InChI=1S/C18H20BrFN2O3/c1-3-24-13-6-8-17(25-4-2)16(10-13)22-18(23)11-21-15-7-5-12(19)9-14(15)20/h5-10,21H,3-4,11H2,1-2H3,(H,22,23). The van der Waals surface area contributed by atoms with Gasteiger partial charge in [0.25, 0.3) is 0 Å². The molecule has 0 saturated carbocycles. The quantitative estimate of drug-likeness (QED) is 0.675. The average Bonchev–Trinajstić information content (AvgIpc) is 2.57. The Bertz CT molecular complexity index is 740. The summed E-state index contributed by atoms with van der Waals surface area (Å²) in [5.41, 5.74) is 0.766. The lowest BCUT2D eigenvalue weighted by molar-refractivity contribution is -0.114. The van der Waals surface area contributed by atoms with Gasteiger partial charge in [0, 0.05) is 10.5 Å². The van der Waals surface area contributed by atoms with Crippen molar-refractivity contribution in [1.29, 1.82) is 0 Å². The van der Waals surface area contributed by atoms with Crippen LogP contribution < -0.4 is 20.1 Å². The fraction of sp³-hybridized carbons (Fsp3) is 0.278. The average molecular weight is 411 g/mol. The molecule has 0 spiro atoms. The van der Waals surface area contributed by atoms with Crippen LogP contribution in [0.4, 0.5) is 15.8 Å². The van der Waals surface area contributed by atoms with Crippen LogP contribution in [0.1, 0.15) is 13.8 Å². The van der Waals surface area contributed by atoms with E-state index in [1.807, 2.05) is 13.8 Å². The van der Waals surface area contributed by atoms with Gasteiger partial charge in [-0.2, -0.15) is 0 Å². The van der Waals surface area contributed by atoms with Crippen molar-refractivity contribution in [2.75, 3.05) is 30.4 Å². The van der Waals surface area contributed by atoms with E-state index in [0.29, 0.717) is 34.9 Å². The Balaban J connectivity index is 2.04. The van der Waals surface area contributed by atoms with Crippen molar-refractivity contribution in [3.8, 4) is 11.5 Å². The maximum absolute atomic E-state index is 13.8. The first-order valence-corrected chi connectivity index (χ1v) is 8.71. The molecule has 5 nitrogen and oxygen atoms in total. The van der Waals surface area contributed by atoms with Crippen molar-refractivity contribution in [3.63, 3.8) is 0 Å². The highest BCUT2D eigenvalue weighted by Gasteiger charge is 2.11. The van der Waals surface area contributed by atoms with Crippen LogP contribution in [0, 0.1) is 5.82 Å². The van der Waals surface area contributed by atoms with Crippen molar-refractivity contribution in [1.82, 2.24) is 0 Å². The number of anilines is 2. The second-order valence-electron chi connectivity index (χ2n) is 5.05. The Morgan fingerprint density at radius 1 is 1.08 bits per heavy atom. The van der Waals surface area contributed by atoms with Gasteiger partial charge >= 0.3 is 0 Å². The molecule has 0 aliphatic rings. The number of benzene rings is 2. The minimum Gasteiger partial charge on any atom is -0.494 e. The third-order valence-electron chi connectivity index (χ3n) is 3.21. The van der Waals surface area contributed by atoms with Crippen molar-refractivity contribution in [2.45, 2.75) is 13.8 Å². The van der Waals surface area contributed by atoms with Gasteiger partial charge in [-0.25, -0.2) is 4.39 Å². The molecule has 1 amide bonds. The predicted octanol–water partition coefficient (Wildman–Crippen LogP) is 4.44. The van der Waals surface area contributed by atoms with E-state index < -0.39 is 5.82 Å². The van der Waals surface area contributed by atoms with Crippen LogP contribution in [-0.4, -0.2) is 25.7 Å². The summed E-state index contributed by atoms with van der Waals surface area (Å²) in [5.74, 6) is 0.426. The van der Waals surface area contributed by atoms with Gasteiger partial charge < -0.3 is 20.1 Å². The predicted molar refractivity (Wildman–Crippen MR) is 100.0 cm³/mol. The molecular formula is C18H20BrFN2O3. The smallest absolute Gasteiger partial charge is 0.243 e. The number of carbonyl (C=O) groups excluding carboxylic acids is 1. The van der Waals surface area contributed by atoms with Crippen molar-refractivity contribution in [3.05, 3.63) is 46.7 Å². The van der Waals surface area contributed by atoms with E-state index in [9.17, 15) is 9.18 Å². The molecule has 7 heteroatoms. The van der Waals surface area contributed by atoms with E-state index >= 15 is 0 Å². The molecule has 0 unspecified atom stereocenters. The molecule has 2 rings (SSSR count). The molecule has 0 aromatic heterocycles. The largest absolute Gasteiger partial charge is 0.494 e. The highest BCUT2D eigenvalue weighted by atomic mass is 79.9. The summed E-state index contributed by atoms with van der Waals surface area (Å²) in [7, 11) is 0. The summed E-state index contributed by atoms with van der Waals surface area (Å²) in [6.07, 6.45) is 0. The van der Waals surface area contributed by atoms with Crippen LogP contribution in [0.3, 0.4) is 0 Å². The molecule has 134 valence electrons. The second kappa shape index (κ2) is 9.27. The highest BCUT2D eigenvalue weighted by Crippen LogP contribution is 2.29. The lowest BCUT2D eigenvalue weighted by Crippen LogP contribution is -2.22. The number of carbonyl (C=O) groups is 1. The molecule has 0 saturated heterocycles. The zero-order valence-electron chi connectivity index (χ0n) is 14.1. The number of halogens is 2. The first kappa shape index (κ1) is 19.1. The first-order chi connectivity index (χ1) is 12.0.